The monoisotopic (exact) mass is 1600 g/mol. The van der Waals surface area contributed by atoms with E-state index in [0.717, 1.165) is 51.4 Å². The predicted molar refractivity (Wildman–Crippen MR) is 409 cm³/mol. The van der Waals surface area contributed by atoms with Crippen LogP contribution >= 0.6 is 59.4 Å². The van der Waals surface area contributed by atoms with Gasteiger partial charge in [-0.1, -0.05) is 54.9 Å². The fourth-order valence-corrected chi connectivity index (χ4v) is 17.9. The average Bonchev–Trinajstić information content (AvgIpc) is 1.58. The summed E-state index contributed by atoms with van der Waals surface area (Å²) >= 11 is 15.9. The van der Waals surface area contributed by atoms with Crippen LogP contribution in [0.2, 0.25) is 10.0 Å². The molecule has 4 aromatic heterocycles. The summed E-state index contributed by atoms with van der Waals surface area (Å²) in [5.74, 6) is -1.75. The number of nitrogens with one attached hydrogen (secondary N) is 1. The Bertz CT molecular complexity index is 4880. The van der Waals surface area contributed by atoms with Crippen LogP contribution in [-0.4, -0.2) is 185 Å². The van der Waals surface area contributed by atoms with E-state index >= 15 is 0 Å². The van der Waals surface area contributed by atoms with Gasteiger partial charge in [0.1, 0.15) is 90.9 Å². The minimum absolute atomic E-state index is 0. The molecule has 4 saturated carbocycles. The summed E-state index contributed by atoms with van der Waals surface area (Å²) in [4.78, 5) is 106. The Hall–Kier alpha value is -8.21. The maximum Gasteiger partial charge on any atom is 0.310 e. The van der Waals surface area contributed by atoms with E-state index in [2.05, 4.69) is 14.7 Å². The Morgan fingerprint density at radius 2 is 1.07 bits per heavy atom. The number of rotatable bonds is 13. The van der Waals surface area contributed by atoms with Gasteiger partial charge in [0.15, 0.2) is 11.4 Å². The number of carbonyl (C=O) groups excluding carboxylic acids is 5. The van der Waals surface area contributed by atoms with E-state index in [4.69, 9.17) is 57.3 Å². The molecule has 34 heteroatoms. The molecule has 4 aliphatic carbocycles. The van der Waals surface area contributed by atoms with E-state index in [9.17, 15) is 61.2 Å². The highest BCUT2D eigenvalue weighted by Crippen LogP contribution is 2.59. The molecular weight excluding hydrogens is 1520 g/mol. The largest absolute Gasteiger partial charge is 0.495 e. The highest BCUT2D eigenvalue weighted by Gasteiger charge is 2.64. The molecule has 0 bridgehead atoms. The number of hydrogen-bond donors (Lipinski definition) is 3. The molecule has 27 nitrogen and oxygen atoms in total. The average molecular weight is 1600 g/mol. The van der Waals surface area contributed by atoms with Crippen molar-refractivity contribution < 1.29 is 69.7 Å². The van der Waals surface area contributed by atoms with Crippen molar-refractivity contribution in [2.45, 2.75) is 158 Å². The van der Waals surface area contributed by atoms with E-state index < -0.39 is 82.4 Å². The van der Waals surface area contributed by atoms with Gasteiger partial charge in [0.2, 0.25) is 49.6 Å². The molecule has 0 unspecified atom stereocenters. The number of ether oxygens (including phenoxy) is 4. The van der Waals surface area contributed by atoms with Crippen LogP contribution in [0.25, 0.3) is 43.2 Å². The predicted octanol–water partition coefficient (Wildman–Crippen LogP) is 10.3. The number of likely N-dealkylation sites (N-methyl/N-ethyl adjacent to an activating group) is 2. The molecule has 2 saturated heterocycles. The summed E-state index contributed by atoms with van der Waals surface area (Å²) in [5, 5.41) is 39.5. The van der Waals surface area contributed by atoms with Crippen LogP contribution in [0.3, 0.4) is 0 Å². The number of aliphatic carboxylic acids is 1. The number of fused-ring (bicyclic) bond motifs is 6. The van der Waals surface area contributed by atoms with Crippen molar-refractivity contribution in [3.05, 3.63) is 92.9 Å². The lowest BCUT2D eigenvalue weighted by molar-refractivity contribution is -0.150. The topological polar surface area (TPSA) is 378 Å². The van der Waals surface area contributed by atoms with Crippen molar-refractivity contribution in [1.29, 1.82) is 10.5 Å². The molecular formula is C73H86Cl2N12O15S5. The van der Waals surface area contributed by atoms with Crippen molar-refractivity contribution in [2.24, 2.45) is 27.8 Å². The lowest BCUT2D eigenvalue weighted by Crippen LogP contribution is -2.49. The zero-order chi connectivity index (χ0) is 75.3. The smallest absolute Gasteiger partial charge is 0.310 e. The summed E-state index contributed by atoms with van der Waals surface area (Å²) in [6, 6.07) is 12.8. The lowest BCUT2D eigenvalue weighted by Gasteiger charge is -2.29. The lowest BCUT2D eigenvalue weighted by atomic mass is 9.96. The molecule has 572 valence electrons. The maximum absolute atomic E-state index is 14.3. The third-order valence-electron chi connectivity index (χ3n) is 21.4. The first kappa shape index (κ1) is 81.3. The Balaban J connectivity index is 0.000000205. The van der Waals surface area contributed by atoms with Gasteiger partial charge in [-0.15, -0.1) is 22.7 Å². The van der Waals surface area contributed by atoms with Gasteiger partial charge in [0.05, 0.1) is 58.7 Å². The molecule has 8 aliphatic rings. The van der Waals surface area contributed by atoms with Gasteiger partial charge in [-0.2, -0.15) is 24.0 Å². The SMILES string of the molecule is C.CC1(S(N)(=O)=O)CC1.COc1ccc2c(O[C@H]3C[C@H]4C(=O)N(C)CCCC/C=C\[C@@H]5C[C@@]5(C(=O)NS(=O)(=O)C5(C)CC5)CC(=O)N4C3)cc(-c3nc(C#N)cs3)nc2c1Cl.COc1ccc2c(O[C@H]3C[C@H]4C(=O)N(C)CCCC/C=C\[C@@H]5C[C@@]5(C(=O)O)CC(=O)N4C3)cc(-c3nc(C#N)cs3)nc2c1Cl.S. The highest BCUT2D eigenvalue weighted by molar-refractivity contribution is 7.91. The number of nitriles is 2. The Morgan fingerprint density at radius 3 is 1.46 bits per heavy atom. The minimum Gasteiger partial charge on any atom is -0.495 e. The standard InChI is InChI=1S/C36H39ClN6O7S2.C32H32ClN5O6S.C4H9NO2S.CH4.H2S/c1-35(11-12-35)52(47,48)41-34(46)36-16-21(36)8-6-4-5-7-13-42(2)33(45)26-14-23(19-43(26)29(44)17-36)50-28-15-25(32-39-22(18-38)20-51-32)40-31-24(28)9-10-27(49-3)30(31)37;1-37-10-6-4-3-5-7-18-13-32(18,31(41)42)14-26(39)38-16-20(11-23(38)30(37)40)44-25-12-22(29-35-19(15-34)17-45-29)36-28-21(25)8-9-24(43-2)27(28)33;1-4(2-3-4)8(5,6)7;;/h6,8-10,15,20-21,23,26H,4-5,7,11-14,16-17,19H2,1-3H3,(H,41,46);5,7-9,12,17-18,20,23H,3-4,6,10-11,13-14,16H2,1-2H3,(H,41,42);2-3H2,1H3,(H2,5,6,7);1H4;1H2/b8-6-;7-5-;;;/t21-,23+,26+,36-;18-,20+,23+,32-;;;/m11.../s1. The van der Waals surface area contributed by atoms with E-state index in [-0.39, 0.29) is 111 Å². The number of carboxylic acid groups (broad SMARTS) is 1. The Morgan fingerprint density at radius 1 is 0.654 bits per heavy atom. The van der Waals surface area contributed by atoms with Crippen LogP contribution in [-0.2, 0) is 48.8 Å². The number of amides is 5. The van der Waals surface area contributed by atoms with E-state index in [0.29, 0.717) is 105 Å². The second-order valence-corrected chi connectivity index (χ2v) is 35.4. The second kappa shape index (κ2) is 32.2. The number of sulfonamides is 2. The number of primary sulfonamides is 1. The molecule has 14 rings (SSSR count). The molecule has 0 spiro atoms. The number of thiazole rings is 2. The van der Waals surface area contributed by atoms with Crippen molar-refractivity contribution in [1.82, 2.24) is 44.3 Å². The number of methoxy groups -OCH3 is 2. The molecule has 6 aromatic rings. The summed E-state index contributed by atoms with van der Waals surface area (Å²) in [6.45, 7) is 4.51. The molecule has 2 aromatic carbocycles. The van der Waals surface area contributed by atoms with Crippen molar-refractivity contribution in [2.75, 3.05) is 54.5 Å². The molecule has 4 N–H and O–H groups in total. The number of allylic oxidation sites excluding steroid dienone is 4. The molecule has 8 atom stereocenters. The molecule has 0 radical (unpaired) electrons. The molecule has 107 heavy (non-hydrogen) atoms. The first-order valence-corrected chi connectivity index (χ1v) is 40.1. The number of pyridine rings is 2. The summed E-state index contributed by atoms with van der Waals surface area (Å²) < 4.78 is 71.9. The molecule has 4 aliphatic heterocycles. The van der Waals surface area contributed by atoms with Gasteiger partial charge in [0.25, 0.3) is 0 Å². The number of carboxylic acids is 1. The molecule has 8 heterocycles. The summed E-state index contributed by atoms with van der Waals surface area (Å²) in [6.07, 6.45) is 14.5. The van der Waals surface area contributed by atoms with Crippen LogP contribution < -0.4 is 28.8 Å². The summed E-state index contributed by atoms with van der Waals surface area (Å²) in [7, 11) is -0.695. The van der Waals surface area contributed by atoms with E-state index in [1.165, 1.54) is 46.7 Å². The quantitative estimate of drug-likeness (QED) is 0.0904. The van der Waals surface area contributed by atoms with E-state index in [1.54, 1.807) is 84.9 Å². The van der Waals surface area contributed by atoms with Gasteiger partial charge in [0, 0.05) is 86.5 Å². The molecule has 6 fully saturated rings. The zero-order valence-electron chi connectivity index (χ0n) is 59.1. The fraction of sp³-hybridized carbons (Fsp3) is 0.507. The number of nitrogens with two attached hydrogens (primary N) is 1. The van der Waals surface area contributed by atoms with Crippen molar-refractivity contribution in [3.8, 4) is 56.5 Å². The third kappa shape index (κ3) is 16.8. The minimum atomic E-state index is -3.92. The second-order valence-electron chi connectivity index (χ2n) is 28.7. The van der Waals surface area contributed by atoms with Crippen molar-refractivity contribution in [3.63, 3.8) is 0 Å². The highest BCUT2D eigenvalue weighted by atomic mass is 35.5. The van der Waals surface area contributed by atoms with Gasteiger partial charge < -0.3 is 43.7 Å². The van der Waals surface area contributed by atoms with Gasteiger partial charge >= 0.3 is 5.97 Å². The van der Waals surface area contributed by atoms with Gasteiger partial charge in [-0.25, -0.2) is 41.9 Å². The van der Waals surface area contributed by atoms with E-state index in [1.807, 2.05) is 36.4 Å². The van der Waals surface area contributed by atoms with Crippen LogP contribution in [0, 0.1) is 45.3 Å². The van der Waals surface area contributed by atoms with Gasteiger partial charge in [-0.3, -0.25) is 33.5 Å². The number of carbonyl (C=O) groups is 6. The Kier molecular flexibility index (Phi) is 24.4. The Labute approximate surface area is 646 Å². The van der Waals surface area contributed by atoms with Crippen LogP contribution in [0.5, 0.6) is 23.0 Å². The first-order valence-electron chi connectivity index (χ1n) is 34.5. The normalized spacial score (nSPS) is 25.7. The maximum atomic E-state index is 14.3. The number of aromatic nitrogens is 4. The molecule has 5 amide bonds. The number of halogens is 2. The summed E-state index contributed by atoms with van der Waals surface area (Å²) in [5.41, 5.74) is -0.225. The fourth-order valence-electron chi connectivity index (χ4n) is 13.9. The number of benzene rings is 2. The van der Waals surface area contributed by atoms with Crippen LogP contribution in [0.4, 0.5) is 0 Å². The van der Waals surface area contributed by atoms with Crippen molar-refractivity contribution >= 4 is 137 Å². The van der Waals surface area contributed by atoms with Crippen LogP contribution in [0.15, 0.2) is 71.5 Å². The first-order chi connectivity index (χ1) is 49.9. The van der Waals surface area contributed by atoms with Crippen LogP contribution in [0.1, 0.15) is 135 Å². The number of nitrogens with zero attached hydrogens (tertiary/aromatic N) is 10. The zero-order valence-corrected chi connectivity index (χ0v) is 64.9. The number of hydrogen-bond acceptors (Lipinski definition) is 22. The third-order valence-corrected chi connectivity index (χ3v) is 27.8. The van der Waals surface area contributed by atoms with Gasteiger partial charge in [-0.05, 0) is 127 Å².